The zero-order chi connectivity index (χ0) is 15.6. The number of benzene rings is 1. The first-order valence-electron chi connectivity index (χ1n) is 7.70. The van der Waals surface area contributed by atoms with Crippen LogP contribution in [0.3, 0.4) is 0 Å². The molecule has 3 unspecified atom stereocenters. The number of rotatable bonds is 4. The highest BCUT2D eigenvalue weighted by atomic mass is 35.5. The minimum atomic E-state index is -0.136. The Morgan fingerprint density at radius 2 is 2.19 bits per heavy atom. The molecule has 0 aromatic heterocycles. The van der Waals surface area contributed by atoms with Crippen LogP contribution in [-0.2, 0) is 4.79 Å². The van der Waals surface area contributed by atoms with Crippen LogP contribution < -0.4 is 5.73 Å². The zero-order valence-electron chi connectivity index (χ0n) is 13.1. The van der Waals surface area contributed by atoms with Gasteiger partial charge in [-0.15, -0.1) is 0 Å². The number of nitrogens with two attached hydrogens (primary N) is 1. The largest absolute Gasteiger partial charge is 0.339 e. The zero-order valence-corrected chi connectivity index (χ0v) is 13.8. The first-order valence-corrected chi connectivity index (χ1v) is 8.07. The van der Waals surface area contributed by atoms with E-state index in [0.717, 1.165) is 18.5 Å². The molecule has 1 aliphatic rings. The summed E-state index contributed by atoms with van der Waals surface area (Å²) >= 11 is 6.09. The van der Waals surface area contributed by atoms with Gasteiger partial charge in [-0.2, -0.15) is 0 Å². The van der Waals surface area contributed by atoms with Gasteiger partial charge in [0.05, 0.1) is 5.92 Å². The van der Waals surface area contributed by atoms with E-state index < -0.39 is 0 Å². The molecule has 2 rings (SSSR count). The molecular formula is C17H25ClN2O. The maximum Gasteiger partial charge on any atom is 0.230 e. The molecule has 1 saturated heterocycles. The van der Waals surface area contributed by atoms with Gasteiger partial charge >= 0.3 is 0 Å². The van der Waals surface area contributed by atoms with E-state index in [9.17, 15) is 4.79 Å². The standard InChI is InChI=1S/C17H25ClN2O/c1-11(2)16(14-5-4-6-15(18)8-14)17(21)20-10-13(9-19)7-12(20)3/h4-6,8,11-13,16H,7,9-10,19H2,1-3H3. The van der Waals surface area contributed by atoms with Crippen molar-refractivity contribution < 1.29 is 4.79 Å². The number of hydrogen-bond acceptors (Lipinski definition) is 2. The van der Waals surface area contributed by atoms with Crippen molar-refractivity contribution >= 4 is 17.5 Å². The van der Waals surface area contributed by atoms with Gasteiger partial charge in [-0.25, -0.2) is 0 Å². The summed E-state index contributed by atoms with van der Waals surface area (Å²) in [5.41, 5.74) is 6.78. The summed E-state index contributed by atoms with van der Waals surface area (Å²) in [7, 11) is 0. The first-order chi connectivity index (χ1) is 9.93. The van der Waals surface area contributed by atoms with Gasteiger partial charge in [-0.1, -0.05) is 37.6 Å². The molecule has 1 heterocycles. The lowest BCUT2D eigenvalue weighted by Crippen LogP contribution is -2.39. The lowest BCUT2D eigenvalue weighted by atomic mass is 9.87. The molecule has 0 spiro atoms. The van der Waals surface area contributed by atoms with Crippen molar-refractivity contribution in [1.29, 1.82) is 0 Å². The Morgan fingerprint density at radius 1 is 1.48 bits per heavy atom. The summed E-state index contributed by atoms with van der Waals surface area (Å²) in [6, 6.07) is 7.93. The Balaban J connectivity index is 2.25. The molecule has 1 fully saturated rings. The van der Waals surface area contributed by atoms with Crippen LogP contribution in [0.15, 0.2) is 24.3 Å². The highest BCUT2D eigenvalue weighted by Gasteiger charge is 2.36. The summed E-state index contributed by atoms with van der Waals surface area (Å²) in [5.74, 6) is 0.731. The highest BCUT2D eigenvalue weighted by Crippen LogP contribution is 2.32. The van der Waals surface area contributed by atoms with Gasteiger partial charge in [-0.05, 0) is 49.4 Å². The van der Waals surface area contributed by atoms with E-state index in [2.05, 4.69) is 20.8 Å². The Labute approximate surface area is 132 Å². The highest BCUT2D eigenvalue weighted by molar-refractivity contribution is 6.30. The summed E-state index contributed by atoms with van der Waals surface area (Å²) in [6.07, 6.45) is 1.00. The normalized spacial score (nSPS) is 23.6. The van der Waals surface area contributed by atoms with Crippen LogP contribution >= 0.6 is 11.6 Å². The minimum absolute atomic E-state index is 0.136. The van der Waals surface area contributed by atoms with Crippen molar-refractivity contribution in [2.24, 2.45) is 17.6 Å². The molecule has 2 N–H and O–H groups in total. The van der Waals surface area contributed by atoms with Gasteiger partial charge in [-0.3, -0.25) is 4.79 Å². The topological polar surface area (TPSA) is 46.3 Å². The number of nitrogens with zero attached hydrogens (tertiary/aromatic N) is 1. The average molecular weight is 309 g/mol. The van der Waals surface area contributed by atoms with Crippen molar-refractivity contribution in [1.82, 2.24) is 4.90 Å². The predicted octanol–water partition coefficient (Wildman–Crippen LogP) is 3.28. The van der Waals surface area contributed by atoms with E-state index in [1.54, 1.807) is 0 Å². The monoisotopic (exact) mass is 308 g/mol. The fraction of sp³-hybridized carbons (Fsp3) is 0.588. The van der Waals surface area contributed by atoms with Crippen LogP contribution in [0.5, 0.6) is 0 Å². The summed E-state index contributed by atoms with van der Waals surface area (Å²) < 4.78 is 0. The summed E-state index contributed by atoms with van der Waals surface area (Å²) in [6.45, 7) is 7.72. The molecule has 0 aliphatic carbocycles. The minimum Gasteiger partial charge on any atom is -0.339 e. The Bertz CT molecular complexity index is 503. The molecule has 0 radical (unpaired) electrons. The second-order valence-electron chi connectivity index (χ2n) is 6.45. The van der Waals surface area contributed by atoms with Crippen molar-refractivity contribution in [3.63, 3.8) is 0 Å². The van der Waals surface area contributed by atoms with Crippen LogP contribution in [0, 0.1) is 11.8 Å². The van der Waals surface area contributed by atoms with Crippen LogP contribution in [0.4, 0.5) is 0 Å². The van der Waals surface area contributed by atoms with Crippen LogP contribution in [0.25, 0.3) is 0 Å². The molecule has 3 nitrogen and oxygen atoms in total. The maximum atomic E-state index is 13.0. The van der Waals surface area contributed by atoms with Crippen LogP contribution in [0.1, 0.15) is 38.7 Å². The average Bonchev–Trinajstić information content (AvgIpc) is 2.80. The molecule has 21 heavy (non-hydrogen) atoms. The smallest absolute Gasteiger partial charge is 0.230 e. The Morgan fingerprint density at radius 3 is 2.71 bits per heavy atom. The third kappa shape index (κ3) is 3.58. The van der Waals surface area contributed by atoms with E-state index in [4.69, 9.17) is 17.3 Å². The fourth-order valence-corrected chi connectivity index (χ4v) is 3.51. The van der Waals surface area contributed by atoms with E-state index >= 15 is 0 Å². The number of carbonyl (C=O) groups is 1. The van der Waals surface area contributed by atoms with Crippen LogP contribution in [0.2, 0.25) is 5.02 Å². The van der Waals surface area contributed by atoms with E-state index in [1.165, 1.54) is 0 Å². The molecule has 3 atom stereocenters. The molecule has 1 aromatic carbocycles. The summed E-state index contributed by atoms with van der Waals surface area (Å²) in [4.78, 5) is 15.0. The Kier molecular flexibility index (Phi) is 5.28. The number of hydrogen-bond donors (Lipinski definition) is 1. The Hall–Kier alpha value is -1.06. The predicted molar refractivity (Wildman–Crippen MR) is 87.4 cm³/mol. The summed E-state index contributed by atoms with van der Waals surface area (Å²) in [5, 5.41) is 0.681. The molecule has 1 amide bonds. The number of halogens is 1. The molecular weight excluding hydrogens is 284 g/mol. The molecule has 4 heteroatoms. The molecule has 1 aromatic rings. The van der Waals surface area contributed by atoms with E-state index in [1.807, 2.05) is 29.2 Å². The van der Waals surface area contributed by atoms with Crippen LogP contribution in [-0.4, -0.2) is 29.9 Å². The first kappa shape index (κ1) is 16.3. The number of likely N-dealkylation sites (tertiary alicyclic amines) is 1. The quantitative estimate of drug-likeness (QED) is 0.928. The van der Waals surface area contributed by atoms with Gasteiger partial charge in [0.1, 0.15) is 0 Å². The molecule has 1 aliphatic heterocycles. The van der Waals surface area contributed by atoms with Gasteiger partial charge in [0.25, 0.3) is 0 Å². The van der Waals surface area contributed by atoms with E-state index in [-0.39, 0.29) is 23.8 Å². The lowest BCUT2D eigenvalue weighted by molar-refractivity contribution is -0.134. The third-order valence-corrected chi connectivity index (χ3v) is 4.65. The van der Waals surface area contributed by atoms with Gasteiger partial charge in [0.2, 0.25) is 5.91 Å². The third-order valence-electron chi connectivity index (χ3n) is 4.42. The van der Waals surface area contributed by atoms with Crippen molar-refractivity contribution in [3.8, 4) is 0 Å². The van der Waals surface area contributed by atoms with Crippen molar-refractivity contribution in [3.05, 3.63) is 34.9 Å². The van der Waals surface area contributed by atoms with Gasteiger partial charge in [0, 0.05) is 17.6 Å². The molecule has 0 bridgehead atoms. The maximum absolute atomic E-state index is 13.0. The van der Waals surface area contributed by atoms with Gasteiger partial charge in [0.15, 0.2) is 0 Å². The van der Waals surface area contributed by atoms with Gasteiger partial charge < -0.3 is 10.6 Å². The van der Waals surface area contributed by atoms with Crippen molar-refractivity contribution in [2.75, 3.05) is 13.1 Å². The van der Waals surface area contributed by atoms with Crippen molar-refractivity contribution in [2.45, 2.75) is 39.2 Å². The SMILES string of the molecule is CC(C)C(C(=O)N1CC(CN)CC1C)c1cccc(Cl)c1. The fourth-order valence-electron chi connectivity index (χ4n) is 3.31. The lowest BCUT2D eigenvalue weighted by Gasteiger charge is -2.29. The molecule has 116 valence electrons. The second-order valence-corrected chi connectivity index (χ2v) is 6.89. The number of amides is 1. The van der Waals surface area contributed by atoms with E-state index in [0.29, 0.717) is 17.5 Å². The molecule has 0 saturated carbocycles. The second kappa shape index (κ2) is 6.80. The number of carbonyl (C=O) groups excluding carboxylic acids is 1.